The third-order valence-electron chi connectivity index (χ3n) is 12.0. The molecule has 1 aliphatic rings. The number of rotatable bonds is 31. The third-order valence-corrected chi connectivity index (χ3v) is 12.0. The van der Waals surface area contributed by atoms with Crippen LogP contribution in [-0.4, -0.2) is 28.1 Å². The molecule has 0 atom stereocenters. The number of aryl methyl sites for hydroxylation is 4. The molecule has 1 heterocycles. The van der Waals surface area contributed by atoms with Crippen molar-refractivity contribution in [1.82, 2.24) is 0 Å². The number of benzene rings is 2. The van der Waals surface area contributed by atoms with E-state index in [1.54, 1.807) is 38.1 Å². The Morgan fingerprint density at radius 2 is 0.689 bits per heavy atom. The maximum Gasteiger partial charge on any atom is 0.210 e. The summed E-state index contributed by atoms with van der Waals surface area (Å²) in [5.74, 6) is 0. The van der Waals surface area contributed by atoms with Gasteiger partial charge in [-0.1, -0.05) is 146 Å². The van der Waals surface area contributed by atoms with Crippen molar-refractivity contribution >= 4 is 11.4 Å². The van der Waals surface area contributed by atoms with Crippen molar-refractivity contribution in [2.24, 2.45) is 0 Å². The topological polar surface area (TPSA) is 65.8 Å². The fourth-order valence-corrected chi connectivity index (χ4v) is 8.40. The van der Waals surface area contributed by atoms with E-state index < -0.39 is 0 Å². The van der Waals surface area contributed by atoms with E-state index in [0.29, 0.717) is 13.2 Å². The van der Waals surface area contributed by atoms with E-state index in [4.69, 9.17) is 10.2 Å². The van der Waals surface area contributed by atoms with Gasteiger partial charge >= 0.3 is 0 Å². The number of hydrogen-bond donors (Lipinski definition) is 2. The summed E-state index contributed by atoms with van der Waals surface area (Å²) in [5, 5.41) is 15.8. The molecule has 3 rings (SSSR count). The Morgan fingerprint density at radius 3 is 0.984 bits per heavy atom. The summed E-state index contributed by atoms with van der Waals surface area (Å²) >= 11 is 0. The van der Waals surface area contributed by atoms with Gasteiger partial charge in [-0.15, -0.1) is 0 Å². The zero-order chi connectivity index (χ0) is 44.4. The zero-order valence-corrected chi connectivity index (χ0v) is 42.4. The molecule has 0 unspecified atom stereocenters. The molecule has 0 bridgehead atoms. The van der Waals surface area contributed by atoms with E-state index in [0.717, 1.165) is 69.2 Å². The van der Waals surface area contributed by atoms with Crippen LogP contribution in [0.4, 0.5) is 0 Å². The van der Waals surface area contributed by atoms with E-state index in [1.165, 1.54) is 145 Å². The first-order valence-electron chi connectivity index (χ1n) is 25.8. The first-order chi connectivity index (χ1) is 29.3. The molecule has 5 heteroatoms. The molecule has 0 radical (unpaired) electrons. The minimum absolute atomic E-state index is 0. The summed E-state index contributed by atoms with van der Waals surface area (Å²) < 4.78 is 1.63. The first-order valence-corrected chi connectivity index (χ1v) is 25.8. The van der Waals surface area contributed by atoms with Crippen LogP contribution in [0.15, 0.2) is 35.9 Å². The number of aliphatic hydroxyl groups is 2. The Morgan fingerprint density at radius 1 is 0.393 bits per heavy atom. The number of unbranched alkanes of at least 4 members (excludes halogenated alkanes) is 13. The van der Waals surface area contributed by atoms with Gasteiger partial charge in [-0.25, -0.2) is 4.70 Å². The molecule has 0 fully saturated rings. The summed E-state index contributed by atoms with van der Waals surface area (Å²) in [6.45, 7) is 20.7. The quantitative estimate of drug-likeness (QED) is 0.0450. The maximum atomic E-state index is 12.4. The van der Waals surface area contributed by atoms with Gasteiger partial charge in [-0.3, -0.25) is 0 Å². The van der Waals surface area contributed by atoms with Crippen LogP contribution < -0.4 is 0 Å². The molecular formula is C56H96N2NiO2. The van der Waals surface area contributed by atoms with Crippen LogP contribution in [0, 0.1) is 0 Å². The normalized spacial score (nSPS) is 12.2. The van der Waals surface area contributed by atoms with Crippen molar-refractivity contribution in [2.75, 3.05) is 13.2 Å². The van der Waals surface area contributed by atoms with Gasteiger partial charge in [0.2, 0.25) is 11.4 Å². The van der Waals surface area contributed by atoms with E-state index in [-0.39, 0.29) is 16.5 Å². The SMILES string of the molecule is CCCCCc1cc(C2=CC(CCCC)=C(c3cc(CCCCC)c(CCCCC)c(CCCCC)c3)[N+]2=[N-])cc(CCCCC)c1CCCCC.CCCO.CCCO.[Ni]. The molecule has 0 saturated carbocycles. The van der Waals surface area contributed by atoms with Crippen LogP contribution in [0.2, 0.25) is 0 Å². The minimum atomic E-state index is 0. The largest absolute Gasteiger partial charge is 0.493 e. The predicted molar refractivity (Wildman–Crippen MR) is 265 cm³/mol. The molecular weight excluding hydrogens is 791 g/mol. The van der Waals surface area contributed by atoms with Crippen molar-refractivity contribution in [1.29, 1.82) is 0 Å². The first kappa shape index (κ1) is 58.9. The Bertz CT molecular complexity index is 1420. The van der Waals surface area contributed by atoms with Crippen molar-refractivity contribution in [2.45, 2.75) is 249 Å². The molecule has 61 heavy (non-hydrogen) atoms. The second-order valence-electron chi connectivity index (χ2n) is 17.6. The molecule has 2 N–H and O–H groups in total. The molecule has 0 saturated heterocycles. The van der Waals surface area contributed by atoms with Crippen molar-refractivity contribution in [3.05, 3.63) is 86.0 Å². The Balaban J connectivity index is 0.00000366. The smallest absolute Gasteiger partial charge is 0.210 e. The van der Waals surface area contributed by atoms with Crippen LogP contribution in [0.3, 0.4) is 0 Å². The maximum absolute atomic E-state index is 12.4. The van der Waals surface area contributed by atoms with Gasteiger partial charge < -0.3 is 15.7 Å². The Hall–Kier alpha value is -2.07. The fraction of sp³-hybridized carbons (Fsp3) is 0.714. The minimum Gasteiger partial charge on any atom is -0.493 e. The standard InChI is InChI=1S/C50H80N2.2C3H8O.Ni/c1-8-15-22-29-40-35-45(36-41(30-23-16-9-2)47(40)33-26-19-12-5)49-39-44(28-21-14-7)50(52(49)51)46-37-42(31-24-17-10-3)48(34-27-20-13-6)43(38-46)32-25-18-11-4;2*1-2-3-4;/h35-39H,8-34H2,1-7H3;2*4H,2-3H2,1H3;. The van der Waals surface area contributed by atoms with Gasteiger partial charge in [0.15, 0.2) is 0 Å². The molecule has 352 valence electrons. The second-order valence-corrected chi connectivity index (χ2v) is 17.6. The average Bonchev–Trinajstić information content (AvgIpc) is 3.59. The van der Waals surface area contributed by atoms with Crippen LogP contribution in [-0.2, 0) is 55.0 Å². The van der Waals surface area contributed by atoms with Gasteiger partial charge in [0, 0.05) is 52.5 Å². The van der Waals surface area contributed by atoms with Gasteiger partial charge in [0.05, 0.1) is 0 Å². The van der Waals surface area contributed by atoms with Crippen molar-refractivity contribution < 1.29 is 31.4 Å². The molecule has 2 aromatic rings. The molecule has 0 aliphatic carbocycles. The Labute approximate surface area is 388 Å². The molecule has 0 spiro atoms. The van der Waals surface area contributed by atoms with Crippen LogP contribution in [0.1, 0.15) is 255 Å². The van der Waals surface area contributed by atoms with E-state index in [9.17, 15) is 5.53 Å². The summed E-state index contributed by atoms with van der Waals surface area (Å²) in [6, 6.07) is 9.98. The van der Waals surface area contributed by atoms with Gasteiger partial charge in [-0.2, -0.15) is 0 Å². The van der Waals surface area contributed by atoms with Crippen molar-refractivity contribution in [3.8, 4) is 0 Å². The summed E-state index contributed by atoms with van der Waals surface area (Å²) in [7, 11) is 0. The fourth-order valence-electron chi connectivity index (χ4n) is 8.40. The number of aliphatic hydroxyl groups excluding tert-OH is 2. The predicted octanol–water partition coefficient (Wildman–Crippen LogP) is 16.8. The average molecular weight is 888 g/mol. The van der Waals surface area contributed by atoms with E-state index >= 15 is 0 Å². The van der Waals surface area contributed by atoms with Crippen molar-refractivity contribution in [3.63, 3.8) is 0 Å². The summed E-state index contributed by atoms with van der Waals surface area (Å²) in [5.41, 5.74) is 27.7. The summed E-state index contributed by atoms with van der Waals surface area (Å²) in [4.78, 5) is 0. The molecule has 1 aliphatic heterocycles. The molecule has 0 aromatic heterocycles. The number of hydrogen-bond acceptors (Lipinski definition) is 2. The number of nitrogens with zero attached hydrogens (tertiary/aromatic N) is 2. The van der Waals surface area contributed by atoms with Gasteiger partial charge in [0.1, 0.15) is 0 Å². The van der Waals surface area contributed by atoms with Crippen LogP contribution in [0.25, 0.3) is 16.9 Å². The van der Waals surface area contributed by atoms with Gasteiger partial charge in [0.25, 0.3) is 0 Å². The Kier molecular flexibility index (Phi) is 37.1. The summed E-state index contributed by atoms with van der Waals surface area (Å²) in [6.07, 6.45) is 37.1. The molecule has 0 amide bonds. The van der Waals surface area contributed by atoms with E-state index in [2.05, 4.69) is 78.8 Å². The molecule has 4 nitrogen and oxygen atoms in total. The third kappa shape index (κ3) is 22.4. The molecule has 2 aromatic carbocycles. The second kappa shape index (κ2) is 38.4. The van der Waals surface area contributed by atoms with Crippen LogP contribution >= 0.6 is 0 Å². The van der Waals surface area contributed by atoms with Crippen LogP contribution in [0.5, 0.6) is 0 Å². The van der Waals surface area contributed by atoms with Gasteiger partial charge in [-0.05, 0) is 160 Å². The monoisotopic (exact) mass is 887 g/mol. The number of allylic oxidation sites excluding steroid dienone is 2. The van der Waals surface area contributed by atoms with E-state index in [1.807, 2.05) is 13.8 Å². The zero-order valence-electron chi connectivity index (χ0n) is 41.4.